The third kappa shape index (κ3) is 3.72. The Labute approximate surface area is 119 Å². The topological polar surface area (TPSA) is 89.3 Å². The second-order valence-electron chi connectivity index (χ2n) is 5.41. The smallest absolute Gasteiger partial charge is 0.227 e. The third-order valence-electron chi connectivity index (χ3n) is 3.70. The molecule has 0 spiro atoms. The number of carbonyl (C=O) groups excluding carboxylic acids is 1. The van der Waals surface area contributed by atoms with Gasteiger partial charge in [0.15, 0.2) is 9.84 Å². The number of hydrogen-bond acceptors (Lipinski definition) is 4. The van der Waals surface area contributed by atoms with Crippen LogP contribution in [0.25, 0.3) is 0 Å². The second kappa shape index (κ2) is 5.83. The Kier molecular flexibility index (Phi) is 4.32. The first kappa shape index (κ1) is 14.8. The van der Waals surface area contributed by atoms with Crippen molar-refractivity contribution >= 4 is 21.4 Å². The predicted molar refractivity (Wildman–Crippen MR) is 79.0 cm³/mol. The van der Waals surface area contributed by atoms with Crippen molar-refractivity contribution in [2.75, 3.05) is 23.8 Å². The van der Waals surface area contributed by atoms with E-state index in [-0.39, 0.29) is 29.2 Å². The Morgan fingerprint density at radius 2 is 2.25 bits per heavy atom. The van der Waals surface area contributed by atoms with Gasteiger partial charge in [-0.15, -0.1) is 0 Å². The van der Waals surface area contributed by atoms with Crippen molar-refractivity contribution < 1.29 is 13.2 Å². The molecule has 1 aromatic carbocycles. The minimum Gasteiger partial charge on any atom is -0.399 e. The summed E-state index contributed by atoms with van der Waals surface area (Å²) in [5.74, 6) is 0.0616. The average Bonchev–Trinajstić information content (AvgIpc) is 2.74. The zero-order valence-electron chi connectivity index (χ0n) is 11.5. The number of hydrogen-bond donors (Lipinski definition) is 2. The van der Waals surface area contributed by atoms with Gasteiger partial charge in [0.25, 0.3) is 0 Å². The Bertz CT molecular complexity index is 598. The number of amides is 1. The maximum atomic E-state index is 12.1. The quantitative estimate of drug-likeness (QED) is 0.809. The van der Waals surface area contributed by atoms with Crippen LogP contribution in [0.1, 0.15) is 24.8 Å². The van der Waals surface area contributed by atoms with Crippen LogP contribution in [-0.2, 0) is 14.6 Å². The van der Waals surface area contributed by atoms with Crippen molar-refractivity contribution in [1.82, 2.24) is 5.32 Å². The monoisotopic (exact) mass is 296 g/mol. The lowest BCUT2D eigenvalue weighted by molar-refractivity contribution is -0.122. The van der Waals surface area contributed by atoms with Gasteiger partial charge < -0.3 is 11.1 Å². The summed E-state index contributed by atoms with van der Waals surface area (Å²) < 4.78 is 22.7. The summed E-state index contributed by atoms with van der Waals surface area (Å²) >= 11 is 0. The highest BCUT2D eigenvalue weighted by Gasteiger charge is 2.28. The molecule has 0 saturated carbocycles. The van der Waals surface area contributed by atoms with Gasteiger partial charge in [0.1, 0.15) is 0 Å². The van der Waals surface area contributed by atoms with Gasteiger partial charge in [-0.25, -0.2) is 8.42 Å². The summed E-state index contributed by atoms with van der Waals surface area (Å²) in [7, 11) is -2.89. The number of carbonyl (C=O) groups is 1. The Morgan fingerprint density at radius 1 is 1.50 bits per heavy atom. The normalized spacial score (nSPS) is 22.4. The summed E-state index contributed by atoms with van der Waals surface area (Å²) in [6, 6.07) is 7.24. The molecule has 2 rings (SSSR count). The fourth-order valence-electron chi connectivity index (χ4n) is 2.41. The number of sulfone groups is 1. The number of nitrogens with one attached hydrogen (secondary N) is 1. The molecule has 1 heterocycles. The van der Waals surface area contributed by atoms with Crippen molar-refractivity contribution in [2.24, 2.45) is 5.92 Å². The first-order chi connectivity index (χ1) is 9.37. The van der Waals surface area contributed by atoms with Crippen LogP contribution in [-0.4, -0.2) is 32.4 Å². The first-order valence-corrected chi connectivity index (χ1v) is 8.53. The molecule has 20 heavy (non-hydrogen) atoms. The highest BCUT2D eigenvalue weighted by molar-refractivity contribution is 7.91. The molecule has 0 bridgehead atoms. The maximum Gasteiger partial charge on any atom is 0.227 e. The van der Waals surface area contributed by atoms with E-state index < -0.39 is 9.84 Å². The molecule has 2 unspecified atom stereocenters. The molecule has 0 radical (unpaired) electrons. The molecule has 1 amide bonds. The van der Waals surface area contributed by atoms with E-state index in [4.69, 9.17) is 5.73 Å². The fraction of sp³-hybridized carbons (Fsp3) is 0.500. The second-order valence-corrected chi connectivity index (χ2v) is 7.63. The molecular formula is C14H20N2O3S. The molecule has 5 nitrogen and oxygen atoms in total. The highest BCUT2D eigenvalue weighted by atomic mass is 32.2. The van der Waals surface area contributed by atoms with E-state index in [1.807, 2.05) is 19.1 Å². The summed E-state index contributed by atoms with van der Waals surface area (Å²) in [6.45, 7) is 2.24. The van der Waals surface area contributed by atoms with E-state index in [2.05, 4.69) is 5.32 Å². The Hall–Kier alpha value is -1.56. The van der Waals surface area contributed by atoms with Crippen LogP contribution in [0, 0.1) is 5.92 Å². The molecule has 110 valence electrons. The van der Waals surface area contributed by atoms with E-state index in [1.54, 1.807) is 12.1 Å². The number of anilines is 1. The van der Waals surface area contributed by atoms with E-state index in [1.165, 1.54) is 0 Å². The van der Waals surface area contributed by atoms with Gasteiger partial charge in [-0.05, 0) is 37.0 Å². The van der Waals surface area contributed by atoms with Gasteiger partial charge in [-0.1, -0.05) is 12.1 Å². The maximum absolute atomic E-state index is 12.1. The molecule has 2 atom stereocenters. The van der Waals surface area contributed by atoms with Crippen molar-refractivity contribution in [1.29, 1.82) is 0 Å². The van der Waals surface area contributed by atoms with Crippen LogP contribution in [0.5, 0.6) is 0 Å². The van der Waals surface area contributed by atoms with E-state index in [0.29, 0.717) is 18.7 Å². The molecule has 1 aliphatic rings. The van der Waals surface area contributed by atoms with E-state index >= 15 is 0 Å². The molecule has 1 aliphatic heterocycles. The average molecular weight is 296 g/mol. The van der Waals surface area contributed by atoms with Gasteiger partial charge in [-0.3, -0.25) is 4.79 Å². The van der Waals surface area contributed by atoms with Crippen LogP contribution < -0.4 is 11.1 Å². The minimum atomic E-state index is -2.89. The van der Waals surface area contributed by atoms with Crippen molar-refractivity contribution in [3.63, 3.8) is 0 Å². The van der Waals surface area contributed by atoms with Crippen LogP contribution in [0.3, 0.4) is 0 Å². The third-order valence-corrected chi connectivity index (χ3v) is 5.53. The van der Waals surface area contributed by atoms with Crippen molar-refractivity contribution in [2.45, 2.75) is 19.3 Å². The molecule has 1 saturated heterocycles. The lowest BCUT2D eigenvalue weighted by Crippen LogP contribution is -2.32. The lowest BCUT2D eigenvalue weighted by Gasteiger charge is -2.15. The van der Waals surface area contributed by atoms with Gasteiger partial charge in [0.05, 0.1) is 17.4 Å². The van der Waals surface area contributed by atoms with Crippen LogP contribution >= 0.6 is 0 Å². The van der Waals surface area contributed by atoms with Gasteiger partial charge in [0, 0.05) is 12.2 Å². The minimum absolute atomic E-state index is 0.0389. The van der Waals surface area contributed by atoms with Gasteiger partial charge in [-0.2, -0.15) is 0 Å². The zero-order chi connectivity index (χ0) is 14.8. The number of rotatable bonds is 4. The summed E-state index contributed by atoms with van der Waals surface area (Å²) in [5, 5.41) is 2.84. The van der Waals surface area contributed by atoms with Gasteiger partial charge in [0.2, 0.25) is 5.91 Å². The largest absolute Gasteiger partial charge is 0.399 e. The summed E-state index contributed by atoms with van der Waals surface area (Å²) in [6.07, 6.45) is 0.634. The first-order valence-electron chi connectivity index (χ1n) is 6.71. The van der Waals surface area contributed by atoms with Crippen LogP contribution in [0.4, 0.5) is 5.69 Å². The van der Waals surface area contributed by atoms with Crippen LogP contribution in [0.2, 0.25) is 0 Å². The molecule has 6 heteroatoms. The lowest BCUT2D eigenvalue weighted by atomic mass is 9.99. The van der Waals surface area contributed by atoms with Crippen molar-refractivity contribution in [3.8, 4) is 0 Å². The Morgan fingerprint density at radius 3 is 2.85 bits per heavy atom. The SMILES string of the molecule is CC(C(=O)NCC1CCS(=O)(=O)C1)c1cccc(N)c1. The highest BCUT2D eigenvalue weighted by Crippen LogP contribution is 2.20. The summed E-state index contributed by atoms with van der Waals surface area (Å²) in [5.41, 5.74) is 7.19. The number of nitrogens with two attached hydrogens (primary N) is 1. The molecule has 1 fully saturated rings. The molecular weight excluding hydrogens is 276 g/mol. The molecule has 3 N–H and O–H groups in total. The van der Waals surface area contributed by atoms with E-state index in [0.717, 1.165) is 5.56 Å². The fourth-order valence-corrected chi connectivity index (χ4v) is 4.27. The van der Waals surface area contributed by atoms with Crippen LogP contribution in [0.15, 0.2) is 24.3 Å². The number of nitrogen functional groups attached to an aromatic ring is 1. The number of benzene rings is 1. The molecule has 0 aromatic heterocycles. The van der Waals surface area contributed by atoms with Gasteiger partial charge >= 0.3 is 0 Å². The molecule has 0 aliphatic carbocycles. The van der Waals surface area contributed by atoms with Crippen molar-refractivity contribution in [3.05, 3.63) is 29.8 Å². The predicted octanol–water partition coefficient (Wildman–Crippen LogP) is 0.923. The van der Waals surface area contributed by atoms with E-state index in [9.17, 15) is 13.2 Å². The summed E-state index contributed by atoms with van der Waals surface area (Å²) in [4.78, 5) is 12.1. The Balaban J connectivity index is 1.89. The molecule has 1 aromatic rings. The standard InChI is InChI=1S/C14H20N2O3S/c1-10(12-3-2-4-13(15)7-12)14(17)16-8-11-5-6-20(18,19)9-11/h2-4,7,10-11H,5-6,8-9,15H2,1H3,(H,16,17). The zero-order valence-corrected chi connectivity index (χ0v) is 12.3.